The van der Waals surface area contributed by atoms with E-state index >= 15 is 0 Å². The van der Waals surface area contributed by atoms with E-state index < -0.39 is 5.97 Å². The number of nitrogens with zero attached hydrogens (tertiary/aromatic N) is 2. The molecule has 0 amide bonds. The van der Waals surface area contributed by atoms with Crippen LogP contribution in [-0.2, 0) is 6.42 Å². The van der Waals surface area contributed by atoms with Crippen LogP contribution in [0.15, 0.2) is 28.7 Å². The van der Waals surface area contributed by atoms with E-state index in [-0.39, 0.29) is 5.56 Å². The van der Waals surface area contributed by atoms with Gasteiger partial charge in [-0.25, -0.2) is 4.79 Å². The van der Waals surface area contributed by atoms with Gasteiger partial charge in [0.05, 0.1) is 5.56 Å². The monoisotopic (exact) mass is 286 g/mol. The molecule has 1 fully saturated rings. The van der Waals surface area contributed by atoms with E-state index in [9.17, 15) is 4.79 Å². The van der Waals surface area contributed by atoms with E-state index in [0.717, 1.165) is 12.0 Å². The first-order chi connectivity index (χ1) is 10.2. The van der Waals surface area contributed by atoms with Crippen molar-refractivity contribution in [1.29, 1.82) is 0 Å². The summed E-state index contributed by atoms with van der Waals surface area (Å²) in [6.45, 7) is 0. The molecular weight excluding hydrogens is 268 g/mol. The second-order valence-corrected chi connectivity index (χ2v) is 5.59. The molecule has 1 aliphatic carbocycles. The van der Waals surface area contributed by atoms with Gasteiger partial charge in [-0.1, -0.05) is 19.3 Å². The first kappa shape index (κ1) is 13.8. The van der Waals surface area contributed by atoms with Gasteiger partial charge in [-0.3, -0.25) is 0 Å². The molecule has 1 aromatic carbocycles. The van der Waals surface area contributed by atoms with Crippen LogP contribution in [0.1, 0.15) is 48.4 Å². The predicted molar refractivity (Wildman–Crippen MR) is 77.0 cm³/mol. The lowest BCUT2D eigenvalue weighted by Gasteiger charge is -2.19. The molecule has 0 radical (unpaired) electrons. The van der Waals surface area contributed by atoms with Crippen molar-refractivity contribution >= 4 is 5.97 Å². The molecule has 1 aromatic heterocycles. The van der Waals surface area contributed by atoms with Crippen LogP contribution in [0, 0.1) is 5.92 Å². The third-order valence-electron chi connectivity index (χ3n) is 4.03. The number of aromatic nitrogens is 2. The number of carboxylic acid groups (broad SMARTS) is 1. The lowest BCUT2D eigenvalue weighted by molar-refractivity contribution is 0.0697. The zero-order chi connectivity index (χ0) is 14.7. The Labute approximate surface area is 123 Å². The highest BCUT2D eigenvalue weighted by Crippen LogP contribution is 2.27. The van der Waals surface area contributed by atoms with Crippen molar-refractivity contribution in [3.05, 3.63) is 35.7 Å². The van der Waals surface area contributed by atoms with Crippen molar-refractivity contribution in [3.63, 3.8) is 0 Å². The predicted octanol–water partition coefficient (Wildman–Crippen LogP) is 3.56. The summed E-state index contributed by atoms with van der Waals surface area (Å²) in [5, 5.41) is 17.1. The van der Waals surface area contributed by atoms with Crippen molar-refractivity contribution in [2.24, 2.45) is 5.92 Å². The molecule has 2 aromatic rings. The fourth-order valence-corrected chi connectivity index (χ4v) is 2.85. The van der Waals surface area contributed by atoms with Gasteiger partial charge in [0.25, 0.3) is 0 Å². The number of benzene rings is 1. The molecule has 3 rings (SSSR count). The minimum absolute atomic E-state index is 0.251. The summed E-state index contributed by atoms with van der Waals surface area (Å²) in [6.07, 6.45) is 7.25. The summed E-state index contributed by atoms with van der Waals surface area (Å²) in [6, 6.07) is 6.48. The fourth-order valence-electron chi connectivity index (χ4n) is 2.85. The van der Waals surface area contributed by atoms with Crippen LogP contribution in [0.2, 0.25) is 0 Å². The van der Waals surface area contributed by atoms with Gasteiger partial charge in [0.15, 0.2) is 0 Å². The first-order valence-corrected chi connectivity index (χ1v) is 7.38. The Bertz CT molecular complexity index is 613. The van der Waals surface area contributed by atoms with Gasteiger partial charge in [0, 0.05) is 12.0 Å². The minimum atomic E-state index is -0.940. The van der Waals surface area contributed by atoms with E-state index in [4.69, 9.17) is 9.52 Å². The topological polar surface area (TPSA) is 76.2 Å². The number of carbonyl (C=O) groups is 1. The van der Waals surface area contributed by atoms with E-state index in [0.29, 0.717) is 17.7 Å². The molecule has 1 saturated carbocycles. The molecule has 21 heavy (non-hydrogen) atoms. The molecule has 5 nitrogen and oxygen atoms in total. The maximum Gasteiger partial charge on any atom is 0.335 e. The molecule has 110 valence electrons. The molecular formula is C16H18N2O3. The summed E-state index contributed by atoms with van der Waals surface area (Å²) in [5.41, 5.74) is 1.00. The van der Waals surface area contributed by atoms with E-state index in [1.807, 2.05) is 0 Å². The largest absolute Gasteiger partial charge is 0.478 e. The van der Waals surface area contributed by atoms with Gasteiger partial charge in [-0.05, 0) is 43.0 Å². The molecule has 0 spiro atoms. The van der Waals surface area contributed by atoms with Gasteiger partial charge >= 0.3 is 5.97 Å². The molecule has 0 unspecified atom stereocenters. The average Bonchev–Trinajstić information content (AvgIpc) is 2.97. The van der Waals surface area contributed by atoms with Crippen LogP contribution in [0.5, 0.6) is 0 Å². The number of carboxylic acids is 1. The Morgan fingerprint density at radius 2 is 1.86 bits per heavy atom. The quantitative estimate of drug-likeness (QED) is 0.930. The average molecular weight is 286 g/mol. The molecule has 1 heterocycles. The van der Waals surface area contributed by atoms with Gasteiger partial charge in [0.2, 0.25) is 11.8 Å². The SMILES string of the molecule is O=C(O)c1ccc(-c2nnc(CC3CCCCC3)o2)cc1. The third-order valence-corrected chi connectivity index (χ3v) is 4.03. The second-order valence-electron chi connectivity index (χ2n) is 5.59. The number of hydrogen-bond acceptors (Lipinski definition) is 4. The lowest BCUT2D eigenvalue weighted by Crippen LogP contribution is -2.09. The highest BCUT2D eigenvalue weighted by molar-refractivity contribution is 5.88. The number of rotatable bonds is 4. The molecule has 1 N–H and O–H groups in total. The van der Waals surface area contributed by atoms with Crippen molar-refractivity contribution in [2.75, 3.05) is 0 Å². The van der Waals surface area contributed by atoms with E-state index in [1.54, 1.807) is 24.3 Å². The Kier molecular flexibility index (Phi) is 3.99. The summed E-state index contributed by atoms with van der Waals surface area (Å²) in [4.78, 5) is 10.8. The van der Waals surface area contributed by atoms with Gasteiger partial charge in [-0.15, -0.1) is 10.2 Å². The zero-order valence-electron chi connectivity index (χ0n) is 11.8. The Morgan fingerprint density at radius 3 is 2.52 bits per heavy atom. The number of aromatic carboxylic acids is 1. The summed E-state index contributed by atoms with van der Waals surface area (Å²) in [5.74, 6) is 0.850. The molecule has 0 saturated heterocycles. The Morgan fingerprint density at radius 1 is 1.14 bits per heavy atom. The fraction of sp³-hybridized carbons (Fsp3) is 0.438. The standard InChI is InChI=1S/C16H18N2O3/c19-16(20)13-8-6-12(7-9-13)15-18-17-14(21-15)10-11-4-2-1-3-5-11/h6-9,11H,1-5,10H2,(H,19,20). The van der Waals surface area contributed by atoms with Gasteiger partial charge < -0.3 is 9.52 Å². The van der Waals surface area contributed by atoms with Crippen LogP contribution < -0.4 is 0 Å². The summed E-state index contributed by atoms with van der Waals surface area (Å²) >= 11 is 0. The lowest BCUT2D eigenvalue weighted by atomic mass is 9.87. The van der Waals surface area contributed by atoms with Crippen molar-refractivity contribution in [3.8, 4) is 11.5 Å². The van der Waals surface area contributed by atoms with Crippen LogP contribution in [0.3, 0.4) is 0 Å². The molecule has 0 aliphatic heterocycles. The maximum atomic E-state index is 10.8. The third kappa shape index (κ3) is 3.29. The van der Waals surface area contributed by atoms with Crippen LogP contribution >= 0.6 is 0 Å². The molecule has 0 bridgehead atoms. The molecule has 5 heteroatoms. The smallest absolute Gasteiger partial charge is 0.335 e. The first-order valence-electron chi connectivity index (χ1n) is 7.38. The Balaban J connectivity index is 1.70. The summed E-state index contributed by atoms with van der Waals surface area (Å²) < 4.78 is 5.70. The molecule has 0 atom stereocenters. The highest BCUT2D eigenvalue weighted by atomic mass is 16.4. The van der Waals surface area contributed by atoms with Crippen LogP contribution in [-0.4, -0.2) is 21.3 Å². The van der Waals surface area contributed by atoms with E-state index in [1.165, 1.54) is 32.1 Å². The maximum absolute atomic E-state index is 10.8. The second kappa shape index (κ2) is 6.08. The number of hydrogen-bond donors (Lipinski definition) is 1. The van der Waals surface area contributed by atoms with Crippen molar-refractivity contribution in [1.82, 2.24) is 10.2 Å². The Hall–Kier alpha value is -2.17. The minimum Gasteiger partial charge on any atom is -0.478 e. The molecule has 1 aliphatic rings. The normalized spacial score (nSPS) is 16.0. The van der Waals surface area contributed by atoms with E-state index in [2.05, 4.69) is 10.2 Å². The highest BCUT2D eigenvalue weighted by Gasteiger charge is 2.17. The zero-order valence-corrected chi connectivity index (χ0v) is 11.8. The van der Waals surface area contributed by atoms with Crippen LogP contribution in [0.4, 0.5) is 0 Å². The van der Waals surface area contributed by atoms with Crippen LogP contribution in [0.25, 0.3) is 11.5 Å². The van der Waals surface area contributed by atoms with Gasteiger partial charge in [0.1, 0.15) is 0 Å². The van der Waals surface area contributed by atoms with Crippen molar-refractivity contribution < 1.29 is 14.3 Å². The summed E-state index contributed by atoms with van der Waals surface area (Å²) in [7, 11) is 0. The van der Waals surface area contributed by atoms with Gasteiger partial charge in [-0.2, -0.15) is 0 Å². The van der Waals surface area contributed by atoms with Crippen molar-refractivity contribution in [2.45, 2.75) is 38.5 Å².